The van der Waals surface area contributed by atoms with E-state index in [0.29, 0.717) is 11.3 Å². The Morgan fingerprint density at radius 2 is 1.69 bits per heavy atom. The molecule has 0 aliphatic rings. The minimum absolute atomic E-state index is 0.0552. The lowest BCUT2D eigenvalue weighted by molar-refractivity contribution is -0.151. The number of hydrogen-bond acceptors (Lipinski definition) is 4. The third-order valence-electron chi connectivity index (χ3n) is 1.97. The molecule has 4 nitrogen and oxygen atoms in total. The first-order chi connectivity index (χ1) is 7.30. The van der Waals surface area contributed by atoms with E-state index in [9.17, 15) is 14.7 Å². The van der Waals surface area contributed by atoms with E-state index in [4.69, 9.17) is 4.74 Å². The molecule has 0 unspecified atom stereocenters. The number of benzene rings is 1. The highest BCUT2D eigenvalue weighted by molar-refractivity contribution is 5.94. The molecule has 0 amide bonds. The quantitative estimate of drug-likeness (QED) is 0.479. The summed E-state index contributed by atoms with van der Waals surface area (Å²) in [6.07, 6.45) is 0. The molecule has 0 heterocycles. The average Bonchev–Trinajstić information content (AvgIpc) is 2.17. The molecule has 86 valence electrons. The van der Waals surface area contributed by atoms with E-state index in [-0.39, 0.29) is 5.78 Å². The second-order valence-electron chi connectivity index (χ2n) is 4.03. The fourth-order valence-corrected chi connectivity index (χ4v) is 0.990. The van der Waals surface area contributed by atoms with Crippen molar-refractivity contribution in [3.63, 3.8) is 0 Å². The van der Waals surface area contributed by atoms with Gasteiger partial charge in [0.25, 0.3) is 0 Å². The summed E-state index contributed by atoms with van der Waals surface area (Å²) in [6.45, 7) is 4.15. The first-order valence-corrected chi connectivity index (χ1v) is 4.86. The second kappa shape index (κ2) is 4.45. The van der Waals surface area contributed by atoms with Crippen LogP contribution in [-0.4, -0.2) is 22.5 Å². The van der Waals surface area contributed by atoms with Gasteiger partial charge < -0.3 is 9.84 Å². The molecular formula is C12H14O4. The maximum absolute atomic E-state index is 11.3. The van der Waals surface area contributed by atoms with Crippen molar-refractivity contribution in [3.8, 4) is 5.75 Å². The molecule has 0 saturated carbocycles. The summed E-state index contributed by atoms with van der Waals surface area (Å²) in [5.41, 5.74) is -0.984. The first kappa shape index (κ1) is 12.4. The van der Waals surface area contributed by atoms with Crippen LogP contribution in [0, 0.1) is 0 Å². The van der Waals surface area contributed by atoms with Gasteiger partial charge in [0.05, 0.1) is 0 Å². The van der Waals surface area contributed by atoms with Crippen molar-refractivity contribution in [3.05, 3.63) is 29.8 Å². The van der Waals surface area contributed by atoms with Crippen LogP contribution < -0.4 is 4.74 Å². The van der Waals surface area contributed by atoms with Crippen molar-refractivity contribution >= 4 is 11.8 Å². The topological polar surface area (TPSA) is 63.6 Å². The molecule has 0 aliphatic carbocycles. The average molecular weight is 222 g/mol. The SMILES string of the molecule is CC(=O)c1ccc(OC(=O)C(C)(C)O)cc1. The fourth-order valence-electron chi connectivity index (χ4n) is 0.990. The van der Waals surface area contributed by atoms with Crippen LogP contribution in [0.5, 0.6) is 5.75 Å². The molecule has 0 saturated heterocycles. The van der Waals surface area contributed by atoms with E-state index in [0.717, 1.165) is 0 Å². The summed E-state index contributed by atoms with van der Waals surface area (Å²) in [5, 5.41) is 9.36. The molecule has 1 aromatic rings. The number of Topliss-reactive ketones (excluding diaryl/α,β-unsaturated/α-hetero) is 1. The van der Waals surface area contributed by atoms with Gasteiger partial charge in [-0.3, -0.25) is 4.79 Å². The van der Waals surface area contributed by atoms with Crippen LogP contribution in [0.15, 0.2) is 24.3 Å². The highest BCUT2D eigenvalue weighted by atomic mass is 16.6. The summed E-state index contributed by atoms with van der Waals surface area (Å²) in [7, 11) is 0. The van der Waals surface area contributed by atoms with E-state index in [1.54, 1.807) is 12.1 Å². The van der Waals surface area contributed by atoms with Crippen molar-refractivity contribution in [2.75, 3.05) is 0 Å². The smallest absolute Gasteiger partial charge is 0.342 e. The molecule has 0 bridgehead atoms. The van der Waals surface area contributed by atoms with Crippen molar-refractivity contribution < 1.29 is 19.4 Å². The Balaban J connectivity index is 2.77. The molecule has 0 atom stereocenters. The van der Waals surface area contributed by atoms with Gasteiger partial charge in [-0.05, 0) is 45.0 Å². The molecule has 1 N–H and O–H groups in total. The Hall–Kier alpha value is -1.68. The summed E-state index contributed by atoms with van der Waals surface area (Å²) >= 11 is 0. The Morgan fingerprint density at radius 3 is 2.06 bits per heavy atom. The number of carbonyl (C=O) groups is 2. The van der Waals surface area contributed by atoms with E-state index in [1.807, 2.05) is 0 Å². The maximum Gasteiger partial charge on any atom is 0.342 e. The minimum atomic E-state index is -1.53. The zero-order chi connectivity index (χ0) is 12.3. The molecule has 1 aromatic carbocycles. The van der Waals surface area contributed by atoms with Crippen molar-refractivity contribution in [1.29, 1.82) is 0 Å². The standard InChI is InChI=1S/C12H14O4/c1-8(13)9-4-6-10(7-5-9)16-11(14)12(2,3)15/h4-7,15H,1-3H3. The number of aliphatic hydroxyl groups is 1. The van der Waals surface area contributed by atoms with E-state index < -0.39 is 11.6 Å². The number of esters is 1. The fraction of sp³-hybridized carbons (Fsp3) is 0.333. The van der Waals surface area contributed by atoms with Gasteiger partial charge in [-0.15, -0.1) is 0 Å². The molecular weight excluding hydrogens is 208 g/mol. The van der Waals surface area contributed by atoms with Gasteiger partial charge in [0.2, 0.25) is 0 Å². The van der Waals surface area contributed by atoms with Crippen LogP contribution in [0.1, 0.15) is 31.1 Å². The first-order valence-electron chi connectivity index (χ1n) is 4.86. The summed E-state index contributed by atoms with van der Waals surface area (Å²) in [5.74, 6) is -0.486. The van der Waals surface area contributed by atoms with Crippen LogP contribution in [0.25, 0.3) is 0 Å². The highest BCUT2D eigenvalue weighted by Crippen LogP contribution is 2.15. The number of ether oxygens (including phenoxy) is 1. The van der Waals surface area contributed by atoms with Gasteiger partial charge in [0, 0.05) is 5.56 Å². The summed E-state index contributed by atoms with van der Waals surface area (Å²) < 4.78 is 4.91. The zero-order valence-corrected chi connectivity index (χ0v) is 9.48. The Bertz CT molecular complexity index is 398. The maximum atomic E-state index is 11.3. The summed E-state index contributed by atoms with van der Waals surface area (Å²) in [4.78, 5) is 22.3. The van der Waals surface area contributed by atoms with Gasteiger partial charge in [-0.2, -0.15) is 0 Å². The number of carbonyl (C=O) groups excluding carboxylic acids is 2. The highest BCUT2D eigenvalue weighted by Gasteiger charge is 2.26. The van der Waals surface area contributed by atoms with Crippen molar-refractivity contribution in [2.45, 2.75) is 26.4 Å². The Labute approximate surface area is 93.9 Å². The van der Waals surface area contributed by atoms with Gasteiger partial charge in [0.1, 0.15) is 5.75 Å². The molecule has 0 aliphatic heterocycles. The van der Waals surface area contributed by atoms with Crippen LogP contribution in [0.4, 0.5) is 0 Å². The third kappa shape index (κ3) is 3.17. The van der Waals surface area contributed by atoms with Gasteiger partial charge in [-0.1, -0.05) is 0 Å². The van der Waals surface area contributed by atoms with Crippen LogP contribution >= 0.6 is 0 Å². The second-order valence-corrected chi connectivity index (χ2v) is 4.03. The molecule has 16 heavy (non-hydrogen) atoms. The third-order valence-corrected chi connectivity index (χ3v) is 1.97. The number of hydrogen-bond donors (Lipinski definition) is 1. The predicted molar refractivity (Wildman–Crippen MR) is 58.4 cm³/mol. The lowest BCUT2D eigenvalue weighted by Crippen LogP contribution is -2.35. The molecule has 1 rings (SSSR count). The minimum Gasteiger partial charge on any atom is -0.424 e. The summed E-state index contributed by atoms with van der Waals surface area (Å²) in [6, 6.07) is 6.16. The Kier molecular flexibility index (Phi) is 3.44. The lowest BCUT2D eigenvalue weighted by atomic mass is 10.1. The monoisotopic (exact) mass is 222 g/mol. The molecule has 0 spiro atoms. The predicted octanol–water partition coefficient (Wildman–Crippen LogP) is 1.57. The van der Waals surface area contributed by atoms with Crippen molar-refractivity contribution in [1.82, 2.24) is 0 Å². The number of rotatable bonds is 3. The molecule has 4 heteroatoms. The lowest BCUT2D eigenvalue weighted by Gasteiger charge is -2.15. The zero-order valence-electron chi connectivity index (χ0n) is 9.48. The molecule has 0 radical (unpaired) electrons. The molecule has 0 aromatic heterocycles. The van der Waals surface area contributed by atoms with Crippen LogP contribution in [0.3, 0.4) is 0 Å². The van der Waals surface area contributed by atoms with Crippen LogP contribution in [0.2, 0.25) is 0 Å². The van der Waals surface area contributed by atoms with Gasteiger partial charge in [0.15, 0.2) is 11.4 Å². The number of ketones is 1. The van der Waals surface area contributed by atoms with E-state index in [1.165, 1.54) is 32.9 Å². The van der Waals surface area contributed by atoms with Crippen molar-refractivity contribution in [2.24, 2.45) is 0 Å². The Morgan fingerprint density at radius 1 is 1.19 bits per heavy atom. The normalized spacial score (nSPS) is 11.0. The van der Waals surface area contributed by atoms with Crippen LogP contribution in [-0.2, 0) is 4.79 Å². The van der Waals surface area contributed by atoms with E-state index in [2.05, 4.69) is 0 Å². The largest absolute Gasteiger partial charge is 0.424 e. The van der Waals surface area contributed by atoms with Gasteiger partial charge >= 0.3 is 5.97 Å². The van der Waals surface area contributed by atoms with E-state index >= 15 is 0 Å². The molecule has 0 fully saturated rings. The van der Waals surface area contributed by atoms with Gasteiger partial charge in [-0.25, -0.2) is 4.79 Å².